The van der Waals surface area contributed by atoms with Crippen molar-refractivity contribution in [1.29, 1.82) is 0 Å². The van der Waals surface area contributed by atoms with Crippen LogP contribution in [0.2, 0.25) is 5.02 Å². The largest absolute Gasteiger partial charge is 0.496 e. The van der Waals surface area contributed by atoms with E-state index in [0.29, 0.717) is 33.7 Å². The first kappa shape index (κ1) is 14.8. The van der Waals surface area contributed by atoms with Crippen molar-refractivity contribution < 1.29 is 9.26 Å². The Morgan fingerprint density at radius 2 is 2.04 bits per heavy atom. The van der Waals surface area contributed by atoms with Crippen molar-refractivity contribution in [2.45, 2.75) is 31.2 Å². The number of halogens is 1. The molecule has 1 aromatic carbocycles. The molecule has 122 valence electrons. The maximum Gasteiger partial charge on any atom is 0.247 e. The maximum atomic E-state index is 6.14. The van der Waals surface area contributed by atoms with E-state index in [1.54, 1.807) is 19.2 Å². The van der Waals surface area contributed by atoms with Crippen molar-refractivity contribution in [1.82, 2.24) is 15.0 Å². The van der Waals surface area contributed by atoms with Crippen LogP contribution in [0.5, 0.6) is 5.75 Å². The molecule has 2 aromatic rings. The van der Waals surface area contributed by atoms with Gasteiger partial charge in [0.25, 0.3) is 0 Å². The van der Waals surface area contributed by atoms with Crippen LogP contribution in [0.1, 0.15) is 31.6 Å². The Morgan fingerprint density at radius 1 is 1.30 bits per heavy atom. The summed E-state index contributed by atoms with van der Waals surface area (Å²) in [4.78, 5) is 7.15. The van der Waals surface area contributed by atoms with Crippen LogP contribution in [0.15, 0.2) is 16.7 Å². The Labute approximate surface area is 139 Å². The van der Waals surface area contributed by atoms with Crippen molar-refractivity contribution in [2.24, 2.45) is 0 Å². The Hall–Kier alpha value is -1.79. The summed E-state index contributed by atoms with van der Waals surface area (Å²) in [6, 6.07) is 3.41. The van der Waals surface area contributed by atoms with Crippen LogP contribution in [0.4, 0.5) is 5.69 Å². The zero-order valence-electron chi connectivity index (χ0n) is 13.0. The quantitative estimate of drug-likeness (QED) is 0.869. The highest BCUT2D eigenvalue weighted by Gasteiger charge is 2.49. The third kappa shape index (κ3) is 2.20. The molecule has 6 nitrogen and oxygen atoms in total. The van der Waals surface area contributed by atoms with Gasteiger partial charge < -0.3 is 15.0 Å². The first-order valence-electron chi connectivity index (χ1n) is 7.87. The summed E-state index contributed by atoms with van der Waals surface area (Å²) in [6.07, 6.45) is 4.51. The molecule has 7 heteroatoms. The summed E-state index contributed by atoms with van der Waals surface area (Å²) in [6.45, 7) is 2.21. The third-order valence-electron chi connectivity index (χ3n) is 5.03. The number of aromatic nitrogens is 2. The molecule has 2 saturated heterocycles. The number of anilines is 1. The minimum Gasteiger partial charge on any atom is -0.496 e. The average Bonchev–Trinajstić information content (AvgIpc) is 3.23. The molecule has 4 rings (SSSR count). The van der Waals surface area contributed by atoms with Crippen LogP contribution >= 0.6 is 11.6 Å². The molecule has 0 unspecified atom stereocenters. The van der Waals surface area contributed by atoms with Gasteiger partial charge in [0.05, 0.1) is 23.4 Å². The lowest BCUT2D eigenvalue weighted by molar-refractivity contribution is 0.143. The number of hydrogen-bond acceptors (Lipinski definition) is 6. The first-order valence-corrected chi connectivity index (χ1v) is 8.24. The number of fused-ring (bicyclic) bond motifs is 1. The van der Waals surface area contributed by atoms with Crippen LogP contribution in [-0.4, -0.2) is 35.2 Å². The summed E-state index contributed by atoms with van der Waals surface area (Å²) < 4.78 is 11.0. The molecule has 3 heterocycles. The molecule has 0 amide bonds. The number of nitrogen functional groups attached to an aromatic ring is 1. The molecule has 0 bridgehead atoms. The fraction of sp³-hybridized carbons (Fsp3) is 0.500. The van der Waals surface area contributed by atoms with E-state index in [4.69, 9.17) is 26.6 Å². The standard InChI is InChI=1S/C16H19ClN4O2/c1-22-13-9-12(18)11(17)8-10(13)14-19-15(23-20-14)16-4-2-6-21(16)7-3-5-16/h8-9H,2-7,18H2,1H3. The van der Waals surface area contributed by atoms with Gasteiger partial charge in [-0.25, -0.2) is 0 Å². The number of rotatable bonds is 3. The van der Waals surface area contributed by atoms with Gasteiger partial charge in [0.2, 0.25) is 11.7 Å². The highest BCUT2D eigenvalue weighted by Crippen LogP contribution is 2.46. The summed E-state index contributed by atoms with van der Waals surface area (Å²) in [5, 5.41) is 4.63. The predicted octanol–water partition coefficient (Wildman–Crippen LogP) is 3.07. The van der Waals surface area contributed by atoms with Gasteiger partial charge >= 0.3 is 0 Å². The van der Waals surface area contributed by atoms with E-state index >= 15 is 0 Å². The van der Waals surface area contributed by atoms with Crippen molar-refractivity contribution in [3.05, 3.63) is 23.0 Å². The number of nitrogens with two attached hydrogens (primary N) is 1. The van der Waals surface area contributed by atoms with Gasteiger partial charge in [-0.1, -0.05) is 16.8 Å². The SMILES string of the molecule is COc1cc(N)c(Cl)cc1-c1noc(C23CCCN2CCC3)n1. The van der Waals surface area contributed by atoms with Crippen molar-refractivity contribution in [3.8, 4) is 17.1 Å². The maximum absolute atomic E-state index is 6.14. The van der Waals surface area contributed by atoms with E-state index in [9.17, 15) is 0 Å². The Morgan fingerprint density at radius 3 is 2.74 bits per heavy atom. The Kier molecular flexibility index (Phi) is 3.46. The molecule has 0 spiro atoms. The van der Waals surface area contributed by atoms with E-state index in [1.165, 1.54) is 12.8 Å². The predicted molar refractivity (Wildman–Crippen MR) is 87.4 cm³/mol. The topological polar surface area (TPSA) is 77.4 Å². The Bertz CT molecular complexity index is 736. The minimum atomic E-state index is -0.0733. The molecule has 23 heavy (non-hydrogen) atoms. The lowest BCUT2D eigenvalue weighted by Gasteiger charge is -2.27. The zero-order valence-corrected chi connectivity index (χ0v) is 13.8. The van der Waals surface area contributed by atoms with Gasteiger partial charge in [-0.2, -0.15) is 4.98 Å². The molecule has 2 N–H and O–H groups in total. The normalized spacial score (nSPS) is 19.9. The van der Waals surface area contributed by atoms with Gasteiger partial charge in [0, 0.05) is 6.07 Å². The van der Waals surface area contributed by atoms with E-state index in [1.807, 2.05) is 0 Å². The van der Waals surface area contributed by atoms with Crippen molar-refractivity contribution >= 4 is 17.3 Å². The van der Waals surface area contributed by atoms with Crippen LogP contribution in [-0.2, 0) is 5.54 Å². The molecule has 2 fully saturated rings. The van der Waals surface area contributed by atoms with Gasteiger partial charge in [0.15, 0.2) is 0 Å². The van der Waals surface area contributed by atoms with Gasteiger partial charge in [-0.3, -0.25) is 4.90 Å². The highest BCUT2D eigenvalue weighted by molar-refractivity contribution is 6.33. The molecular formula is C16H19ClN4O2. The number of benzene rings is 1. The minimum absolute atomic E-state index is 0.0733. The monoisotopic (exact) mass is 334 g/mol. The van der Waals surface area contributed by atoms with E-state index < -0.39 is 0 Å². The molecule has 2 aliphatic rings. The van der Waals surface area contributed by atoms with Crippen molar-refractivity contribution in [2.75, 3.05) is 25.9 Å². The summed E-state index contributed by atoms with van der Waals surface area (Å²) >= 11 is 6.14. The second-order valence-electron chi connectivity index (χ2n) is 6.22. The van der Waals surface area contributed by atoms with Crippen LogP contribution in [0.25, 0.3) is 11.4 Å². The number of nitrogens with zero attached hydrogens (tertiary/aromatic N) is 3. The van der Waals surface area contributed by atoms with Crippen LogP contribution in [0, 0.1) is 0 Å². The second-order valence-corrected chi connectivity index (χ2v) is 6.63. The lowest BCUT2D eigenvalue weighted by atomic mass is 9.94. The first-order chi connectivity index (χ1) is 11.1. The van der Waals surface area contributed by atoms with Gasteiger partial charge in [-0.05, 0) is 44.8 Å². The fourth-order valence-electron chi connectivity index (χ4n) is 3.89. The van der Waals surface area contributed by atoms with Gasteiger partial charge in [-0.15, -0.1) is 0 Å². The van der Waals surface area contributed by atoms with E-state index in [0.717, 1.165) is 25.9 Å². The second kappa shape index (κ2) is 5.39. The molecule has 0 saturated carbocycles. The van der Waals surface area contributed by atoms with E-state index in [2.05, 4.69) is 15.0 Å². The number of hydrogen-bond donors (Lipinski definition) is 1. The summed E-state index contributed by atoms with van der Waals surface area (Å²) in [5.41, 5.74) is 6.92. The number of ether oxygens (including phenoxy) is 1. The van der Waals surface area contributed by atoms with Crippen molar-refractivity contribution in [3.63, 3.8) is 0 Å². The van der Waals surface area contributed by atoms with E-state index in [-0.39, 0.29) is 5.54 Å². The molecule has 2 aliphatic heterocycles. The fourth-order valence-corrected chi connectivity index (χ4v) is 4.05. The Balaban J connectivity index is 1.76. The molecule has 1 aromatic heterocycles. The summed E-state index contributed by atoms with van der Waals surface area (Å²) in [7, 11) is 1.58. The molecule has 0 radical (unpaired) electrons. The average molecular weight is 335 g/mol. The number of methoxy groups -OCH3 is 1. The third-order valence-corrected chi connectivity index (χ3v) is 5.35. The molecule has 0 aliphatic carbocycles. The van der Waals surface area contributed by atoms with Crippen LogP contribution in [0.3, 0.4) is 0 Å². The lowest BCUT2D eigenvalue weighted by Crippen LogP contribution is -2.35. The summed E-state index contributed by atoms with van der Waals surface area (Å²) in [5.74, 6) is 1.79. The smallest absolute Gasteiger partial charge is 0.247 e. The molecule has 0 atom stereocenters. The highest BCUT2D eigenvalue weighted by atomic mass is 35.5. The zero-order chi connectivity index (χ0) is 16.0. The molecular weight excluding hydrogens is 316 g/mol. The van der Waals surface area contributed by atoms with Gasteiger partial charge in [0.1, 0.15) is 11.3 Å². The van der Waals surface area contributed by atoms with Crippen LogP contribution < -0.4 is 10.5 Å².